The number of carboxylic acids is 1. The van der Waals surface area contributed by atoms with Gasteiger partial charge in [0, 0.05) is 5.38 Å². The highest BCUT2D eigenvalue weighted by Crippen LogP contribution is 2.20. The highest BCUT2D eigenvalue weighted by atomic mass is 79.9. The molecule has 0 aromatic carbocycles. The fraction of sp³-hybridized carbons (Fsp3) is 0.200. The first kappa shape index (κ1) is 12.9. The van der Waals surface area contributed by atoms with Gasteiger partial charge in [-0.25, -0.2) is 4.79 Å². The number of hydrogen-bond acceptors (Lipinski definition) is 3. The van der Waals surface area contributed by atoms with Crippen molar-refractivity contribution in [2.24, 2.45) is 0 Å². The van der Waals surface area contributed by atoms with Gasteiger partial charge < -0.3 is 10.4 Å². The Morgan fingerprint density at radius 2 is 2.38 bits per heavy atom. The maximum Gasteiger partial charge on any atom is 0.326 e. The summed E-state index contributed by atoms with van der Waals surface area (Å²) in [5.41, 5.74) is 0.451. The fourth-order valence-electron chi connectivity index (χ4n) is 1.06. The van der Waals surface area contributed by atoms with Crippen molar-refractivity contribution in [2.75, 3.05) is 0 Å². The number of thiophene rings is 1. The molecule has 0 saturated heterocycles. The summed E-state index contributed by atoms with van der Waals surface area (Å²) < 4.78 is 0.827. The summed E-state index contributed by atoms with van der Waals surface area (Å²) in [5, 5.41) is 12.9. The van der Waals surface area contributed by atoms with Gasteiger partial charge >= 0.3 is 5.97 Å². The highest BCUT2D eigenvalue weighted by molar-refractivity contribution is 9.11. The molecule has 1 unspecified atom stereocenters. The van der Waals surface area contributed by atoms with Crippen molar-refractivity contribution in [3.63, 3.8) is 0 Å². The summed E-state index contributed by atoms with van der Waals surface area (Å²) in [7, 11) is 0. The Balaban J connectivity index is 2.68. The average molecular weight is 304 g/mol. The number of carbonyl (C=O) groups is 2. The zero-order valence-corrected chi connectivity index (χ0v) is 10.7. The first-order valence-corrected chi connectivity index (χ1v) is 6.10. The summed E-state index contributed by atoms with van der Waals surface area (Å²) in [5.74, 6) is -1.46. The quantitative estimate of drug-likeness (QED) is 0.820. The number of halogens is 1. The molecule has 2 N–H and O–H groups in total. The van der Waals surface area contributed by atoms with Gasteiger partial charge in [-0.15, -0.1) is 17.9 Å². The highest BCUT2D eigenvalue weighted by Gasteiger charge is 2.19. The first-order valence-electron chi connectivity index (χ1n) is 4.43. The Morgan fingerprint density at radius 1 is 1.69 bits per heavy atom. The molecule has 6 heteroatoms. The molecule has 0 fully saturated rings. The Morgan fingerprint density at radius 3 is 2.81 bits per heavy atom. The molecular weight excluding hydrogens is 294 g/mol. The van der Waals surface area contributed by atoms with Crippen molar-refractivity contribution in [2.45, 2.75) is 12.5 Å². The molecule has 1 atom stereocenters. The number of amides is 1. The van der Waals surface area contributed by atoms with Gasteiger partial charge in [-0.05, 0) is 28.4 Å². The van der Waals surface area contributed by atoms with Gasteiger partial charge in [0.05, 0.1) is 9.35 Å². The van der Waals surface area contributed by atoms with Gasteiger partial charge in [0.15, 0.2) is 0 Å². The van der Waals surface area contributed by atoms with E-state index in [1.54, 1.807) is 11.4 Å². The number of hydrogen-bond donors (Lipinski definition) is 2. The number of nitrogens with one attached hydrogen (secondary N) is 1. The number of carbonyl (C=O) groups excluding carboxylic acids is 1. The van der Waals surface area contributed by atoms with Crippen molar-refractivity contribution in [1.82, 2.24) is 5.32 Å². The summed E-state index contributed by atoms with van der Waals surface area (Å²) in [6.07, 6.45) is 1.66. The molecule has 0 spiro atoms. The molecule has 1 amide bonds. The monoisotopic (exact) mass is 303 g/mol. The van der Waals surface area contributed by atoms with Crippen molar-refractivity contribution in [1.29, 1.82) is 0 Å². The molecule has 1 heterocycles. The second kappa shape index (κ2) is 5.81. The molecule has 0 aliphatic rings. The zero-order chi connectivity index (χ0) is 12.1. The average Bonchev–Trinajstić information content (AvgIpc) is 2.64. The van der Waals surface area contributed by atoms with Gasteiger partial charge in [-0.3, -0.25) is 4.79 Å². The third kappa shape index (κ3) is 3.46. The molecule has 1 aromatic rings. The molecule has 4 nitrogen and oxygen atoms in total. The molecule has 0 saturated carbocycles. The molecule has 86 valence electrons. The second-order valence-corrected chi connectivity index (χ2v) is 5.32. The van der Waals surface area contributed by atoms with Crippen molar-refractivity contribution in [3.05, 3.63) is 33.5 Å². The van der Waals surface area contributed by atoms with Crippen LogP contribution in [0.3, 0.4) is 0 Å². The number of rotatable bonds is 5. The third-order valence-electron chi connectivity index (χ3n) is 1.84. The SMILES string of the molecule is C=CCC(NC(=O)c1csc(Br)c1)C(=O)O. The van der Waals surface area contributed by atoms with E-state index >= 15 is 0 Å². The van der Waals surface area contributed by atoms with Crippen LogP contribution in [0.25, 0.3) is 0 Å². The van der Waals surface area contributed by atoms with Gasteiger partial charge in [0.1, 0.15) is 6.04 Å². The van der Waals surface area contributed by atoms with Crippen LogP contribution in [0.15, 0.2) is 27.9 Å². The van der Waals surface area contributed by atoms with Crippen molar-refractivity contribution < 1.29 is 14.7 Å². The third-order valence-corrected chi connectivity index (χ3v) is 3.34. The van der Waals surface area contributed by atoms with Crippen LogP contribution >= 0.6 is 27.3 Å². The molecule has 0 aliphatic carbocycles. The van der Waals surface area contributed by atoms with E-state index in [0.29, 0.717) is 5.56 Å². The van der Waals surface area contributed by atoms with Crippen molar-refractivity contribution in [3.8, 4) is 0 Å². The summed E-state index contributed by atoms with van der Waals surface area (Å²) in [6, 6.07) is 0.719. The predicted octanol–water partition coefficient (Wildman–Crippen LogP) is 2.27. The van der Waals surface area contributed by atoms with E-state index in [2.05, 4.69) is 27.8 Å². The molecule has 16 heavy (non-hydrogen) atoms. The van der Waals surface area contributed by atoms with E-state index in [0.717, 1.165) is 3.79 Å². The molecule has 1 rings (SSSR count). The molecule has 0 radical (unpaired) electrons. The van der Waals surface area contributed by atoms with Crippen LogP contribution in [0.4, 0.5) is 0 Å². The van der Waals surface area contributed by atoms with Crippen LogP contribution < -0.4 is 5.32 Å². The Kier molecular flexibility index (Phi) is 4.70. The Bertz CT molecular complexity index is 416. The zero-order valence-electron chi connectivity index (χ0n) is 8.27. The lowest BCUT2D eigenvalue weighted by molar-refractivity contribution is -0.139. The van der Waals surface area contributed by atoms with Crippen LogP contribution in [0.1, 0.15) is 16.8 Å². The lowest BCUT2D eigenvalue weighted by Gasteiger charge is -2.11. The largest absolute Gasteiger partial charge is 0.480 e. The minimum atomic E-state index is -1.07. The molecule has 1 aromatic heterocycles. The Hall–Kier alpha value is -1.14. The van der Waals surface area contributed by atoms with E-state index in [9.17, 15) is 9.59 Å². The lowest BCUT2D eigenvalue weighted by atomic mass is 10.2. The van der Waals surface area contributed by atoms with E-state index < -0.39 is 17.9 Å². The van der Waals surface area contributed by atoms with Gasteiger partial charge in [-0.2, -0.15) is 0 Å². The minimum Gasteiger partial charge on any atom is -0.480 e. The smallest absolute Gasteiger partial charge is 0.326 e. The van der Waals surface area contributed by atoms with Crippen LogP contribution in [0, 0.1) is 0 Å². The lowest BCUT2D eigenvalue weighted by Crippen LogP contribution is -2.40. The van der Waals surface area contributed by atoms with Gasteiger partial charge in [-0.1, -0.05) is 6.08 Å². The van der Waals surface area contributed by atoms with Crippen LogP contribution in [0.2, 0.25) is 0 Å². The number of carboxylic acid groups (broad SMARTS) is 1. The maximum atomic E-state index is 11.6. The summed E-state index contributed by atoms with van der Waals surface area (Å²) in [4.78, 5) is 22.4. The summed E-state index contributed by atoms with van der Waals surface area (Å²) in [6.45, 7) is 3.45. The topological polar surface area (TPSA) is 66.4 Å². The normalized spacial score (nSPS) is 11.8. The molecular formula is C10H10BrNO3S. The van der Waals surface area contributed by atoms with E-state index in [4.69, 9.17) is 5.11 Å². The van der Waals surface area contributed by atoms with Crippen LogP contribution in [0.5, 0.6) is 0 Å². The van der Waals surface area contributed by atoms with Crippen LogP contribution in [-0.2, 0) is 4.79 Å². The van der Waals surface area contributed by atoms with Crippen molar-refractivity contribution >= 4 is 39.1 Å². The summed E-state index contributed by atoms with van der Waals surface area (Å²) >= 11 is 4.60. The van der Waals surface area contributed by atoms with E-state index in [-0.39, 0.29) is 6.42 Å². The van der Waals surface area contributed by atoms with E-state index in [1.165, 1.54) is 17.4 Å². The minimum absolute atomic E-state index is 0.201. The van der Waals surface area contributed by atoms with Gasteiger partial charge in [0.2, 0.25) is 0 Å². The molecule has 0 aliphatic heterocycles. The fourth-order valence-corrected chi connectivity index (χ4v) is 2.20. The number of aliphatic carboxylic acids is 1. The van der Waals surface area contributed by atoms with E-state index in [1.807, 2.05) is 0 Å². The first-order chi connectivity index (χ1) is 7.54. The standard InChI is InChI=1S/C10H10BrNO3S/c1-2-3-7(10(14)15)12-9(13)6-4-8(11)16-5-6/h2,4-5,7H,1,3H2,(H,12,13)(H,14,15). The van der Waals surface area contributed by atoms with Crippen LogP contribution in [-0.4, -0.2) is 23.0 Å². The predicted molar refractivity (Wildman–Crippen MR) is 65.7 cm³/mol. The van der Waals surface area contributed by atoms with Gasteiger partial charge in [0.25, 0.3) is 5.91 Å². The second-order valence-electron chi connectivity index (χ2n) is 3.03. The maximum absolute atomic E-state index is 11.6. The molecule has 0 bridgehead atoms. The Labute approximate surface area is 105 Å².